The van der Waals surface area contributed by atoms with Crippen LogP contribution in [0.3, 0.4) is 0 Å². The van der Waals surface area contributed by atoms with Crippen molar-refractivity contribution in [2.75, 3.05) is 0 Å². The highest BCUT2D eigenvalue weighted by Crippen LogP contribution is 2.44. The summed E-state index contributed by atoms with van der Waals surface area (Å²) in [5.41, 5.74) is 9.13. The van der Waals surface area contributed by atoms with Crippen LogP contribution in [0.4, 0.5) is 0 Å². The molecular formula is C32H19NO2. The number of rotatable bonds is 2. The van der Waals surface area contributed by atoms with Gasteiger partial charge in [-0.25, -0.2) is 0 Å². The van der Waals surface area contributed by atoms with E-state index in [0.717, 1.165) is 71.7 Å². The minimum Gasteiger partial charge on any atom is -0.456 e. The summed E-state index contributed by atoms with van der Waals surface area (Å²) in [6, 6.07) is 39.9. The Morgan fingerprint density at radius 1 is 0.457 bits per heavy atom. The van der Waals surface area contributed by atoms with E-state index < -0.39 is 0 Å². The van der Waals surface area contributed by atoms with Crippen molar-refractivity contribution < 1.29 is 8.83 Å². The fourth-order valence-electron chi connectivity index (χ4n) is 5.55. The van der Waals surface area contributed by atoms with E-state index in [0.29, 0.717) is 0 Å². The standard InChI is InChI=1S/C32H19NO2/c1-2-10-20(11-3-1)33-26-17-6-4-12-23(26)32-30(33)25-16-8-15-22(31(25)35-32)21-14-9-19-28-29(21)24-13-5-7-18-27(24)34-28/h1-19H. The molecule has 3 heterocycles. The fourth-order valence-corrected chi connectivity index (χ4v) is 5.55. The Labute approximate surface area is 200 Å². The van der Waals surface area contributed by atoms with Crippen LogP contribution in [0.15, 0.2) is 124 Å². The molecule has 0 radical (unpaired) electrons. The molecule has 3 nitrogen and oxygen atoms in total. The van der Waals surface area contributed by atoms with Gasteiger partial charge in [0.25, 0.3) is 0 Å². The molecule has 0 fully saturated rings. The SMILES string of the molecule is c1ccc(-n2c3ccccc3c3oc4c(-c5cccc6oc7ccccc7c56)cccc4c32)cc1. The van der Waals surface area contributed by atoms with Crippen LogP contribution in [-0.2, 0) is 0 Å². The predicted octanol–water partition coefficient (Wildman–Crippen LogP) is 9.10. The maximum absolute atomic E-state index is 6.74. The maximum Gasteiger partial charge on any atom is 0.161 e. The number of aromatic nitrogens is 1. The minimum absolute atomic E-state index is 0.885. The summed E-state index contributed by atoms with van der Waals surface area (Å²) in [6.45, 7) is 0. The van der Waals surface area contributed by atoms with Gasteiger partial charge < -0.3 is 13.4 Å². The van der Waals surface area contributed by atoms with E-state index in [9.17, 15) is 0 Å². The van der Waals surface area contributed by atoms with Crippen LogP contribution in [-0.4, -0.2) is 4.57 Å². The van der Waals surface area contributed by atoms with Gasteiger partial charge >= 0.3 is 0 Å². The van der Waals surface area contributed by atoms with Crippen molar-refractivity contribution in [1.82, 2.24) is 4.57 Å². The highest BCUT2D eigenvalue weighted by atomic mass is 16.3. The van der Waals surface area contributed by atoms with Gasteiger partial charge in [0.05, 0.1) is 5.52 Å². The average molecular weight is 450 g/mol. The van der Waals surface area contributed by atoms with E-state index in [1.807, 2.05) is 24.3 Å². The summed E-state index contributed by atoms with van der Waals surface area (Å²) < 4.78 is 15.2. The van der Waals surface area contributed by atoms with Crippen molar-refractivity contribution in [3.8, 4) is 16.8 Å². The second-order valence-corrected chi connectivity index (χ2v) is 8.93. The van der Waals surface area contributed by atoms with Crippen LogP contribution in [0.2, 0.25) is 0 Å². The Hall–Kier alpha value is -4.76. The lowest BCUT2D eigenvalue weighted by atomic mass is 9.98. The summed E-state index contributed by atoms with van der Waals surface area (Å²) >= 11 is 0. The van der Waals surface area contributed by atoms with E-state index in [4.69, 9.17) is 8.83 Å². The van der Waals surface area contributed by atoms with Gasteiger partial charge in [-0.05, 0) is 48.0 Å². The molecule has 5 aromatic carbocycles. The van der Waals surface area contributed by atoms with Gasteiger partial charge in [-0.15, -0.1) is 0 Å². The summed E-state index contributed by atoms with van der Waals surface area (Å²) in [4.78, 5) is 0. The molecule has 164 valence electrons. The molecule has 0 unspecified atom stereocenters. The van der Waals surface area contributed by atoms with Crippen LogP contribution < -0.4 is 0 Å². The number of furan rings is 2. The quantitative estimate of drug-likeness (QED) is 0.263. The molecule has 3 aromatic heterocycles. The molecule has 0 aliphatic rings. The predicted molar refractivity (Wildman–Crippen MR) is 143 cm³/mol. The number of hydrogen-bond donors (Lipinski definition) is 0. The second-order valence-electron chi connectivity index (χ2n) is 8.93. The molecule has 0 aliphatic carbocycles. The van der Waals surface area contributed by atoms with Gasteiger partial charge in [-0.2, -0.15) is 0 Å². The summed E-state index contributed by atoms with van der Waals surface area (Å²) in [6.07, 6.45) is 0. The van der Waals surface area contributed by atoms with Crippen LogP contribution in [0.5, 0.6) is 0 Å². The molecule has 0 aliphatic heterocycles. The van der Waals surface area contributed by atoms with E-state index in [-0.39, 0.29) is 0 Å². The van der Waals surface area contributed by atoms with Crippen molar-refractivity contribution in [1.29, 1.82) is 0 Å². The van der Waals surface area contributed by atoms with Crippen molar-refractivity contribution >= 4 is 54.9 Å². The highest BCUT2D eigenvalue weighted by molar-refractivity contribution is 6.20. The van der Waals surface area contributed by atoms with E-state index in [2.05, 4.69) is 95.6 Å². The Morgan fingerprint density at radius 3 is 2.06 bits per heavy atom. The highest BCUT2D eigenvalue weighted by Gasteiger charge is 2.22. The lowest BCUT2D eigenvalue weighted by molar-refractivity contribution is 0.669. The van der Waals surface area contributed by atoms with Gasteiger partial charge in [0, 0.05) is 32.8 Å². The van der Waals surface area contributed by atoms with Gasteiger partial charge in [0.2, 0.25) is 0 Å². The first-order valence-corrected chi connectivity index (χ1v) is 11.8. The fraction of sp³-hybridized carbons (Fsp3) is 0. The van der Waals surface area contributed by atoms with E-state index in [1.165, 1.54) is 0 Å². The van der Waals surface area contributed by atoms with Gasteiger partial charge in [0.1, 0.15) is 22.3 Å². The van der Waals surface area contributed by atoms with Crippen molar-refractivity contribution in [2.45, 2.75) is 0 Å². The smallest absolute Gasteiger partial charge is 0.161 e. The zero-order valence-corrected chi connectivity index (χ0v) is 18.7. The number of nitrogens with zero attached hydrogens (tertiary/aromatic N) is 1. The first-order chi connectivity index (χ1) is 17.4. The molecule has 0 amide bonds. The normalized spacial score (nSPS) is 12.0. The molecule has 8 rings (SSSR count). The first kappa shape index (κ1) is 18.6. The number of benzene rings is 5. The van der Waals surface area contributed by atoms with Gasteiger partial charge in [0.15, 0.2) is 5.58 Å². The Kier molecular flexibility index (Phi) is 3.66. The maximum atomic E-state index is 6.74. The second kappa shape index (κ2) is 6.87. The number of para-hydroxylation sites is 4. The number of fused-ring (bicyclic) bond motifs is 8. The molecule has 0 N–H and O–H groups in total. The molecule has 0 bridgehead atoms. The molecule has 0 spiro atoms. The summed E-state index contributed by atoms with van der Waals surface area (Å²) in [5.74, 6) is 0. The van der Waals surface area contributed by atoms with Gasteiger partial charge in [-0.1, -0.05) is 72.8 Å². The van der Waals surface area contributed by atoms with E-state index >= 15 is 0 Å². The molecule has 0 saturated heterocycles. The third-order valence-corrected chi connectivity index (χ3v) is 7.01. The topological polar surface area (TPSA) is 31.2 Å². The zero-order chi connectivity index (χ0) is 22.9. The lowest BCUT2D eigenvalue weighted by Gasteiger charge is -2.08. The molecular weight excluding hydrogens is 430 g/mol. The average Bonchev–Trinajstić information content (AvgIpc) is 3.58. The third-order valence-electron chi connectivity index (χ3n) is 7.01. The summed E-state index contributed by atoms with van der Waals surface area (Å²) in [7, 11) is 0. The van der Waals surface area contributed by atoms with Crippen molar-refractivity contribution in [3.05, 3.63) is 115 Å². The lowest BCUT2D eigenvalue weighted by Crippen LogP contribution is -1.92. The molecule has 3 heteroatoms. The van der Waals surface area contributed by atoms with Crippen LogP contribution in [0.25, 0.3) is 71.7 Å². The largest absolute Gasteiger partial charge is 0.456 e. The first-order valence-electron chi connectivity index (χ1n) is 11.8. The van der Waals surface area contributed by atoms with Crippen molar-refractivity contribution in [2.24, 2.45) is 0 Å². The third kappa shape index (κ3) is 2.50. The molecule has 0 atom stereocenters. The minimum atomic E-state index is 0.885. The molecule has 8 aromatic rings. The van der Waals surface area contributed by atoms with Gasteiger partial charge in [-0.3, -0.25) is 0 Å². The molecule has 35 heavy (non-hydrogen) atoms. The Balaban J connectivity index is 1.53. The van der Waals surface area contributed by atoms with E-state index in [1.54, 1.807) is 0 Å². The molecule has 0 saturated carbocycles. The van der Waals surface area contributed by atoms with Crippen LogP contribution >= 0.6 is 0 Å². The van der Waals surface area contributed by atoms with Crippen LogP contribution in [0.1, 0.15) is 0 Å². The zero-order valence-electron chi connectivity index (χ0n) is 18.7. The Bertz CT molecular complexity index is 2050. The van der Waals surface area contributed by atoms with Crippen molar-refractivity contribution in [3.63, 3.8) is 0 Å². The Morgan fingerprint density at radius 2 is 1.14 bits per heavy atom. The number of hydrogen-bond acceptors (Lipinski definition) is 2. The van der Waals surface area contributed by atoms with Crippen LogP contribution in [0, 0.1) is 0 Å². The summed E-state index contributed by atoms with van der Waals surface area (Å²) in [5, 5.41) is 4.45. The monoisotopic (exact) mass is 449 g/mol.